The zero-order valence-electron chi connectivity index (χ0n) is 13.6. The Hall–Kier alpha value is -3.20. The van der Waals surface area contributed by atoms with Crippen molar-refractivity contribution in [3.05, 3.63) is 42.7 Å². The molecule has 128 valence electrons. The monoisotopic (exact) mass is 337 g/mol. The van der Waals surface area contributed by atoms with Gasteiger partial charge in [-0.3, -0.25) is 0 Å². The maximum absolute atomic E-state index is 6.02. The zero-order valence-corrected chi connectivity index (χ0v) is 13.6. The van der Waals surface area contributed by atoms with Crippen molar-refractivity contribution < 1.29 is 0 Å². The van der Waals surface area contributed by atoms with Crippen molar-refractivity contribution in [1.29, 1.82) is 0 Å². The first kappa shape index (κ1) is 15.3. The molecule has 0 radical (unpaired) electrons. The SMILES string of the molecule is Nc1nc(Nc2ccccc2)nn1-c1cc(N2CCNCC2)ncn1. The number of piperazine rings is 1. The van der Waals surface area contributed by atoms with Crippen LogP contribution in [-0.2, 0) is 0 Å². The van der Waals surface area contributed by atoms with Crippen LogP contribution in [0.25, 0.3) is 5.82 Å². The molecule has 1 fully saturated rings. The lowest BCUT2D eigenvalue weighted by atomic mass is 10.3. The molecule has 9 nitrogen and oxygen atoms in total. The summed E-state index contributed by atoms with van der Waals surface area (Å²) in [6, 6.07) is 11.6. The fourth-order valence-electron chi connectivity index (χ4n) is 2.72. The minimum absolute atomic E-state index is 0.267. The number of aromatic nitrogens is 5. The van der Waals surface area contributed by atoms with Gasteiger partial charge in [-0.25, -0.2) is 9.97 Å². The molecule has 9 heteroatoms. The number of anilines is 4. The van der Waals surface area contributed by atoms with E-state index in [0.29, 0.717) is 11.8 Å². The first-order valence-corrected chi connectivity index (χ1v) is 8.12. The highest BCUT2D eigenvalue weighted by Gasteiger charge is 2.15. The number of nitrogens with zero attached hydrogens (tertiary/aromatic N) is 6. The summed E-state index contributed by atoms with van der Waals surface area (Å²) in [6.45, 7) is 3.69. The summed E-state index contributed by atoms with van der Waals surface area (Å²) in [4.78, 5) is 15.1. The van der Waals surface area contributed by atoms with Gasteiger partial charge in [0, 0.05) is 37.9 Å². The molecule has 0 amide bonds. The summed E-state index contributed by atoms with van der Waals surface area (Å²) >= 11 is 0. The Morgan fingerprint density at radius 2 is 1.80 bits per heavy atom. The second-order valence-electron chi connectivity index (χ2n) is 5.67. The highest BCUT2D eigenvalue weighted by molar-refractivity contribution is 5.54. The first-order chi connectivity index (χ1) is 12.3. The average molecular weight is 337 g/mol. The second kappa shape index (κ2) is 6.73. The summed E-state index contributed by atoms with van der Waals surface area (Å²) in [5.41, 5.74) is 6.91. The van der Waals surface area contributed by atoms with E-state index in [-0.39, 0.29) is 5.95 Å². The first-order valence-electron chi connectivity index (χ1n) is 8.12. The maximum Gasteiger partial charge on any atom is 0.248 e. The molecule has 2 aromatic heterocycles. The van der Waals surface area contributed by atoms with E-state index in [9.17, 15) is 0 Å². The van der Waals surface area contributed by atoms with E-state index in [4.69, 9.17) is 5.73 Å². The van der Waals surface area contributed by atoms with E-state index in [1.165, 1.54) is 11.0 Å². The predicted octanol–water partition coefficient (Wildman–Crippen LogP) is 0.793. The molecule has 3 aromatic rings. The van der Waals surface area contributed by atoms with Crippen molar-refractivity contribution in [2.24, 2.45) is 0 Å². The normalized spacial score (nSPS) is 14.5. The molecular weight excluding hydrogens is 318 g/mol. The summed E-state index contributed by atoms with van der Waals surface area (Å²) in [5, 5.41) is 10.9. The average Bonchev–Trinajstić information content (AvgIpc) is 3.03. The lowest BCUT2D eigenvalue weighted by Gasteiger charge is -2.28. The van der Waals surface area contributed by atoms with Gasteiger partial charge in [0.2, 0.25) is 11.9 Å². The summed E-state index contributed by atoms with van der Waals surface area (Å²) in [6.07, 6.45) is 1.53. The van der Waals surface area contributed by atoms with Crippen molar-refractivity contribution in [3.8, 4) is 5.82 Å². The molecule has 0 saturated carbocycles. The number of nitrogens with two attached hydrogens (primary N) is 1. The fourth-order valence-corrected chi connectivity index (χ4v) is 2.72. The largest absolute Gasteiger partial charge is 0.368 e. The van der Waals surface area contributed by atoms with E-state index < -0.39 is 0 Å². The number of nitrogen functional groups attached to an aromatic ring is 1. The lowest BCUT2D eigenvalue weighted by molar-refractivity contribution is 0.584. The molecule has 0 aliphatic carbocycles. The van der Waals surface area contributed by atoms with Crippen LogP contribution in [0.2, 0.25) is 0 Å². The highest BCUT2D eigenvalue weighted by atomic mass is 15.4. The Balaban J connectivity index is 1.59. The molecule has 3 heterocycles. The standard InChI is InChI=1S/C16H19N9/c17-15-22-16(21-12-4-2-1-3-5-12)23-25(15)14-10-13(19-11-20-14)24-8-6-18-7-9-24/h1-5,10-11,18H,6-9H2,(H3,17,21,22,23). The maximum atomic E-state index is 6.02. The number of hydrogen-bond acceptors (Lipinski definition) is 8. The summed E-state index contributed by atoms with van der Waals surface area (Å²) in [7, 11) is 0. The van der Waals surface area contributed by atoms with E-state index in [0.717, 1.165) is 37.7 Å². The third-order valence-corrected chi connectivity index (χ3v) is 3.96. The Morgan fingerprint density at radius 1 is 1.04 bits per heavy atom. The molecule has 4 rings (SSSR count). The molecule has 0 unspecified atom stereocenters. The number of nitrogens with one attached hydrogen (secondary N) is 2. The van der Waals surface area contributed by atoms with Gasteiger partial charge in [-0.1, -0.05) is 18.2 Å². The van der Waals surface area contributed by atoms with Crippen LogP contribution < -0.4 is 21.3 Å². The molecule has 1 aliphatic heterocycles. The molecule has 4 N–H and O–H groups in total. The van der Waals surface area contributed by atoms with Crippen molar-refractivity contribution >= 4 is 23.4 Å². The van der Waals surface area contributed by atoms with Crippen LogP contribution in [0.4, 0.5) is 23.4 Å². The summed E-state index contributed by atoms with van der Waals surface area (Å²) in [5.74, 6) is 2.14. The fraction of sp³-hybridized carbons (Fsp3) is 0.250. The molecule has 25 heavy (non-hydrogen) atoms. The third-order valence-electron chi connectivity index (χ3n) is 3.96. The number of hydrogen-bond donors (Lipinski definition) is 3. The van der Waals surface area contributed by atoms with Crippen LogP contribution in [0.3, 0.4) is 0 Å². The van der Waals surface area contributed by atoms with Crippen LogP contribution in [0, 0.1) is 0 Å². The van der Waals surface area contributed by atoms with Crippen LogP contribution in [0.5, 0.6) is 0 Å². The molecular formula is C16H19N9. The number of benzene rings is 1. The van der Waals surface area contributed by atoms with E-state index in [1.54, 1.807) is 0 Å². The Morgan fingerprint density at radius 3 is 2.60 bits per heavy atom. The van der Waals surface area contributed by atoms with Gasteiger partial charge >= 0.3 is 0 Å². The Bertz CT molecular complexity index is 840. The topological polar surface area (TPSA) is 110 Å². The summed E-state index contributed by atoms with van der Waals surface area (Å²) < 4.78 is 1.51. The Labute approximate surface area is 144 Å². The van der Waals surface area contributed by atoms with Crippen molar-refractivity contribution in [2.75, 3.05) is 42.1 Å². The van der Waals surface area contributed by atoms with Gasteiger partial charge in [0.1, 0.15) is 12.1 Å². The smallest absolute Gasteiger partial charge is 0.248 e. The van der Waals surface area contributed by atoms with Crippen LogP contribution in [0.15, 0.2) is 42.7 Å². The van der Waals surface area contributed by atoms with Gasteiger partial charge in [0.05, 0.1) is 0 Å². The van der Waals surface area contributed by atoms with Crippen LogP contribution in [-0.4, -0.2) is 50.9 Å². The molecule has 0 atom stereocenters. The predicted molar refractivity (Wildman–Crippen MR) is 96.2 cm³/mol. The van der Waals surface area contributed by atoms with E-state index in [1.807, 2.05) is 36.4 Å². The van der Waals surface area contributed by atoms with E-state index in [2.05, 4.69) is 35.6 Å². The van der Waals surface area contributed by atoms with Gasteiger partial charge < -0.3 is 21.3 Å². The minimum atomic E-state index is 0.267. The van der Waals surface area contributed by atoms with Gasteiger partial charge in [-0.15, -0.1) is 5.10 Å². The molecule has 0 bridgehead atoms. The van der Waals surface area contributed by atoms with Gasteiger partial charge in [0.15, 0.2) is 5.82 Å². The lowest BCUT2D eigenvalue weighted by Crippen LogP contribution is -2.43. The number of rotatable bonds is 4. The number of para-hydroxylation sites is 1. The van der Waals surface area contributed by atoms with Gasteiger partial charge in [0.25, 0.3) is 0 Å². The van der Waals surface area contributed by atoms with Gasteiger partial charge in [-0.2, -0.15) is 9.67 Å². The van der Waals surface area contributed by atoms with Crippen molar-refractivity contribution in [3.63, 3.8) is 0 Å². The molecule has 1 aliphatic rings. The van der Waals surface area contributed by atoms with E-state index >= 15 is 0 Å². The van der Waals surface area contributed by atoms with Crippen molar-refractivity contribution in [1.82, 2.24) is 30.0 Å². The second-order valence-corrected chi connectivity index (χ2v) is 5.67. The zero-order chi connectivity index (χ0) is 17.1. The minimum Gasteiger partial charge on any atom is -0.368 e. The van der Waals surface area contributed by atoms with Crippen LogP contribution >= 0.6 is 0 Å². The quantitative estimate of drug-likeness (QED) is 0.641. The Kier molecular flexibility index (Phi) is 4.13. The molecule has 1 saturated heterocycles. The molecule has 0 spiro atoms. The van der Waals surface area contributed by atoms with Crippen molar-refractivity contribution in [2.45, 2.75) is 0 Å². The molecule has 1 aromatic carbocycles. The highest BCUT2D eigenvalue weighted by Crippen LogP contribution is 2.19. The third kappa shape index (κ3) is 3.36. The van der Waals surface area contributed by atoms with Crippen LogP contribution in [0.1, 0.15) is 0 Å². The van der Waals surface area contributed by atoms with Gasteiger partial charge in [-0.05, 0) is 12.1 Å².